The van der Waals surface area contributed by atoms with Crippen molar-refractivity contribution in [2.45, 2.75) is 0 Å². The zero-order valence-corrected chi connectivity index (χ0v) is 27.8. The molecule has 0 saturated carbocycles. The molecule has 0 radical (unpaired) electrons. The van der Waals surface area contributed by atoms with Gasteiger partial charge in [-0.05, 0) is 84.2 Å². The lowest BCUT2D eigenvalue weighted by atomic mass is 10.0. The molecule has 0 unspecified atom stereocenters. The van der Waals surface area contributed by atoms with Gasteiger partial charge in [-0.25, -0.2) is 0 Å². The van der Waals surface area contributed by atoms with E-state index in [1.54, 1.807) is 0 Å². The van der Waals surface area contributed by atoms with E-state index in [0.717, 1.165) is 66.8 Å². The summed E-state index contributed by atoms with van der Waals surface area (Å²) in [5, 5.41) is 6.97. The summed E-state index contributed by atoms with van der Waals surface area (Å²) in [6.45, 7) is 0. The van der Waals surface area contributed by atoms with E-state index in [1.165, 1.54) is 20.2 Å². The third-order valence-electron chi connectivity index (χ3n) is 9.59. The summed E-state index contributed by atoms with van der Waals surface area (Å²) in [6.07, 6.45) is 0. The molecule has 2 aromatic heterocycles. The minimum atomic E-state index is 0.847. The number of hydrogen-bond acceptors (Lipinski definition) is 4. The van der Waals surface area contributed by atoms with Crippen LogP contribution in [0, 0.1) is 0 Å². The summed E-state index contributed by atoms with van der Waals surface area (Å²) in [5.41, 5.74) is 8.06. The van der Waals surface area contributed by atoms with Gasteiger partial charge in [0.25, 0.3) is 0 Å². The number of furan rings is 1. The molecule has 0 aliphatic rings. The van der Waals surface area contributed by atoms with Crippen LogP contribution in [0.1, 0.15) is 0 Å². The molecular formula is C46H30N2OS. The molecule has 0 spiro atoms. The highest BCUT2D eigenvalue weighted by Crippen LogP contribution is 2.48. The van der Waals surface area contributed by atoms with Crippen LogP contribution in [0.5, 0.6) is 0 Å². The SMILES string of the molecule is c1ccc(N(c2ccc3sc4ccccc4c3c2)c2cc(N(c3ccccc3)c3ccccc3)c3oc4c5ccccc5ccc4c3c2)cc1. The number of hydrogen-bond donors (Lipinski definition) is 0. The Labute approximate surface area is 293 Å². The highest BCUT2D eigenvalue weighted by molar-refractivity contribution is 7.25. The molecular weight excluding hydrogens is 629 g/mol. The summed E-state index contributed by atoms with van der Waals surface area (Å²) in [5.74, 6) is 0. The number of rotatable bonds is 6. The standard InChI is InChI=1S/C46H30N2OS/c1-4-15-32(16-5-1)47(35-25-27-44-40(28-35)38-22-12-13-23-43(38)50-44)36-29-41-39-26-24-31-14-10-11-21-37(31)45(39)49-46(41)42(30-36)48(33-17-6-2-7-18-33)34-19-8-3-9-20-34/h1-30H. The quantitative estimate of drug-likeness (QED) is 0.177. The Morgan fingerprint density at radius 1 is 0.340 bits per heavy atom. The van der Waals surface area contributed by atoms with Crippen LogP contribution in [0.2, 0.25) is 0 Å². The number of fused-ring (bicyclic) bond motifs is 8. The summed E-state index contributed by atoms with van der Waals surface area (Å²) < 4.78 is 9.59. The van der Waals surface area contributed by atoms with Gasteiger partial charge in [0.05, 0.1) is 5.69 Å². The second-order valence-corrected chi connectivity index (χ2v) is 13.6. The van der Waals surface area contributed by atoms with E-state index >= 15 is 0 Å². The van der Waals surface area contributed by atoms with Gasteiger partial charge in [-0.15, -0.1) is 11.3 Å². The van der Waals surface area contributed by atoms with E-state index in [2.05, 4.69) is 192 Å². The fourth-order valence-electron chi connectivity index (χ4n) is 7.33. The van der Waals surface area contributed by atoms with Crippen molar-refractivity contribution in [1.29, 1.82) is 0 Å². The van der Waals surface area contributed by atoms with Gasteiger partial charge in [0.1, 0.15) is 5.58 Å². The highest BCUT2D eigenvalue weighted by Gasteiger charge is 2.24. The first-order chi connectivity index (χ1) is 24.8. The fraction of sp³-hybridized carbons (Fsp3) is 0. The minimum Gasteiger partial charge on any atom is -0.453 e. The molecule has 50 heavy (non-hydrogen) atoms. The highest BCUT2D eigenvalue weighted by atomic mass is 32.1. The maximum atomic E-state index is 7.00. The van der Waals surface area contributed by atoms with E-state index in [9.17, 15) is 0 Å². The smallest absolute Gasteiger partial charge is 0.159 e. The third kappa shape index (κ3) is 4.65. The number of nitrogens with zero attached hydrogens (tertiary/aromatic N) is 2. The topological polar surface area (TPSA) is 19.6 Å². The van der Waals surface area contributed by atoms with Gasteiger partial charge < -0.3 is 14.2 Å². The third-order valence-corrected chi connectivity index (χ3v) is 10.7. The summed E-state index contributed by atoms with van der Waals surface area (Å²) in [4.78, 5) is 4.69. The van der Waals surface area contributed by atoms with Crippen molar-refractivity contribution < 1.29 is 4.42 Å². The summed E-state index contributed by atoms with van der Waals surface area (Å²) in [7, 11) is 0. The Kier molecular flexibility index (Phi) is 6.68. The van der Waals surface area contributed by atoms with E-state index in [4.69, 9.17) is 4.42 Å². The predicted octanol–water partition coefficient (Wildman–Crippen LogP) is 14.0. The summed E-state index contributed by atoms with van der Waals surface area (Å²) >= 11 is 1.84. The van der Waals surface area contributed by atoms with Crippen LogP contribution in [-0.2, 0) is 0 Å². The largest absolute Gasteiger partial charge is 0.453 e. The second kappa shape index (κ2) is 11.7. The average Bonchev–Trinajstić information content (AvgIpc) is 3.75. The monoisotopic (exact) mass is 658 g/mol. The molecule has 0 fully saturated rings. The Balaban J connectivity index is 1.31. The first kappa shape index (κ1) is 28.6. The van der Waals surface area contributed by atoms with Gasteiger partial charge in [-0.3, -0.25) is 0 Å². The molecule has 0 bridgehead atoms. The molecule has 8 aromatic carbocycles. The first-order valence-corrected chi connectivity index (χ1v) is 17.7. The molecule has 3 nitrogen and oxygen atoms in total. The van der Waals surface area contributed by atoms with E-state index in [1.807, 2.05) is 11.3 Å². The Morgan fingerprint density at radius 2 is 0.920 bits per heavy atom. The van der Waals surface area contributed by atoms with Gasteiger partial charge >= 0.3 is 0 Å². The Bertz CT molecular complexity index is 2780. The van der Waals surface area contributed by atoms with Crippen LogP contribution < -0.4 is 9.80 Å². The number of thiophene rings is 1. The summed E-state index contributed by atoms with van der Waals surface area (Å²) in [6, 6.07) is 64.8. The lowest BCUT2D eigenvalue weighted by molar-refractivity contribution is 0.673. The molecule has 0 amide bonds. The minimum absolute atomic E-state index is 0.847. The fourth-order valence-corrected chi connectivity index (χ4v) is 8.41. The molecule has 10 aromatic rings. The molecule has 10 rings (SSSR count). The van der Waals surface area contributed by atoms with Crippen LogP contribution in [0.3, 0.4) is 0 Å². The van der Waals surface area contributed by atoms with Gasteiger partial charge in [0, 0.05) is 64.8 Å². The van der Waals surface area contributed by atoms with Crippen LogP contribution in [-0.4, -0.2) is 0 Å². The van der Waals surface area contributed by atoms with E-state index in [0.29, 0.717) is 0 Å². The van der Waals surface area contributed by atoms with E-state index in [-0.39, 0.29) is 0 Å². The van der Waals surface area contributed by atoms with E-state index < -0.39 is 0 Å². The Morgan fingerprint density at radius 3 is 1.64 bits per heavy atom. The maximum absolute atomic E-state index is 7.00. The van der Waals surface area contributed by atoms with Crippen molar-refractivity contribution in [1.82, 2.24) is 0 Å². The molecule has 2 heterocycles. The van der Waals surface area contributed by atoms with Crippen molar-refractivity contribution in [3.05, 3.63) is 182 Å². The lowest BCUT2D eigenvalue weighted by Gasteiger charge is -2.29. The predicted molar refractivity (Wildman–Crippen MR) is 213 cm³/mol. The van der Waals surface area contributed by atoms with Crippen LogP contribution in [0.4, 0.5) is 34.1 Å². The zero-order chi connectivity index (χ0) is 33.0. The van der Waals surface area contributed by atoms with Crippen molar-refractivity contribution >= 4 is 98.3 Å². The van der Waals surface area contributed by atoms with Gasteiger partial charge in [-0.2, -0.15) is 0 Å². The molecule has 0 saturated heterocycles. The Hall–Kier alpha value is -6.36. The molecule has 0 N–H and O–H groups in total. The molecule has 4 heteroatoms. The van der Waals surface area contributed by atoms with Crippen molar-refractivity contribution in [2.75, 3.05) is 9.80 Å². The van der Waals surface area contributed by atoms with Crippen molar-refractivity contribution in [3.8, 4) is 0 Å². The molecule has 0 aliphatic carbocycles. The first-order valence-electron chi connectivity index (χ1n) is 16.8. The number of para-hydroxylation sites is 3. The van der Waals surface area contributed by atoms with Crippen LogP contribution >= 0.6 is 11.3 Å². The van der Waals surface area contributed by atoms with Gasteiger partial charge in [-0.1, -0.05) is 103 Å². The number of anilines is 6. The molecule has 0 atom stereocenters. The second-order valence-electron chi connectivity index (χ2n) is 12.6. The van der Waals surface area contributed by atoms with Gasteiger partial charge in [0.15, 0.2) is 5.58 Å². The normalized spacial score (nSPS) is 11.6. The zero-order valence-electron chi connectivity index (χ0n) is 27.0. The number of benzene rings is 8. The van der Waals surface area contributed by atoms with Crippen molar-refractivity contribution in [3.63, 3.8) is 0 Å². The van der Waals surface area contributed by atoms with Crippen LogP contribution in [0.15, 0.2) is 186 Å². The van der Waals surface area contributed by atoms with Crippen LogP contribution in [0.25, 0.3) is 52.9 Å². The van der Waals surface area contributed by atoms with Gasteiger partial charge in [0.2, 0.25) is 0 Å². The average molecular weight is 659 g/mol. The van der Waals surface area contributed by atoms with Crippen molar-refractivity contribution in [2.24, 2.45) is 0 Å². The maximum Gasteiger partial charge on any atom is 0.159 e. The molecule has 236 valence electrons. The molecule has 0 aliphatic heterocycles. The lowest BCUT2D eigenvalue weighted by Crippen LogP contribution is -2.13.